The maximum Gasteiger partial charge on any atom is 0.401 e. The van der Waals surface area contributed by atoms with Crippen LogP contribution in [0.1, 0.15) is 31.2 Å². The van der Waals surface area contributed by atoms with Gasteiger partial charge in [0, 0.05) is 55.8 Å². The fourth-order valence-corrected chi connectivity index (χ4v) is 7.72. The topological polar surface area (TPSA) is 82.2 Å². The Morgan fingerprint density at radius 3 is 2.67 bits per heavy atom. The van der Waals surface area contributed by atoms with Crippen LogP contribution in [0.3, 0.4) is 0 Å². The second-order valence-corrected chi connectivity index (χ2v) is 13.3. The molecule has 0 radical (unpaired) electrons. The molecule has 0 spiro atoms. The number of benzene rings is 1. The fraction of sp³-hybridized carbons (Fsp3) is 0.640. The van der Waals surface area contributed by atoms with Gasteiger partial charge in [-0.05, 0) is 24.6 Å². The van der Waals surface area contributed by atoms with E-state index in [1.165, 1.54) is 23.1 Å². The van der Waals surface area contributed by atoms with Crippen LogP contribution in [0, 0.1) is 11.7 Å². The largest absolute Gasteiger partial charge is 0.401 e. The number of amides is 1. The molecule has 3 saturated heterocycles. The molecule has 4 heterocycles. The molecule has 1 N–H and O–H groups in total. The van der Waals surface area contributed by atoms with Crippen molar-refractivity contribution in [2.75, 3.05) is 31.9 Å². The lowest BCUT2D eigenvalue weighted by molar-refractivity contribution is -0.144. The summed E-state index contributed by atoms with van der Waals surface area (Å²) in [7, 11) is -3.41. The number of halogens is 6. The van der Waals surface area contributed by atoms with Crippen LogP contribution in [0.25, 0.3) is 0 Å². The summed E-state index contributed by atoms with van der Waals surface area (Å²) >= 11 is 6.21. The second-order valence-electron chi connectivity index (χ2n) is 11.0. The van der Waals surface area contributed by atoms with Crippen molar-refractivity contribution in [3.05, 3.63) is 46.1 Å². The van der Waals surface area contributed by atoms with Crippen molar-refractivity contribution >= 4 is 27.3 Å². The first-order chi connectivity index (χ1) is 18.2. The number of nitrogens with one attached hydrogen (secondary N) is 1. The maximum atomic E-state index is 15.7. The number of epoxide rings is 1. The van der Waals surface area contributed by atoms with E-state index < -0.39 is 76.2 Å². The van der Waals surface area contributed by atoms with Gasteiger partial charge in [0.1, 0.15) is 18.1 Å². The van der Waals surface area contributed by atoms with E-state index in [0.29, 0.717) is 5.56 Å². The van der Waals surface area contributed by atoms with Crippen LogP contribution in [0.4, 0.5) is 22.0 Å². The number of piperidine rings is 1. The number of rotatable bonds is 6. The first-order valence-corrected chi connectivity index (χ1v) is 14.8. The Labute approximate surface area is 228 Å². The molecule has 0 saturated carbocycles. The number of sulfone groups is 1. The Kier molecular flexibility index (Phi) is 7.54. The molecule has 39 heavy (non-hydrogen) atoms. The SMILES string of the molecule is C[C@H]1C[C@](F)(C(=O)N[C@@H]2C=CS(=O)(=O)C2)CCN1C1OC1[C@H]1CN(CC(F)(F)F)C[C@H]1c1cccc(F)c1Cl. The van der Waals surface area contributed by atoms with Crippen LogP contribution in [0.15, 0.2) is 29.7 Å². The predicted octanol–water partition coefficient (Wildman–Crippen LogP) is 3.40. The lowest BCUT2D eigenvalue weighted by atomic mass is 9.84. The van der Waals surface area contributed by atoms with Crippen LogP contribution in [-0.2, 0) is 19.4 Å². The van der Waals surface area contributed by atoms with Gasteiger partial charge in [0.05, 0.1) is 23.4 Å². The van der Waals surface area contributed by atoms with E-state index in [2.05, 4.69) is 5.32 Å². The molecule has 4 aliphatic heterocycles. The van der Waals surface area contributed by atoms with Gasteiger partial charge >= 0.3 is 6.18 Å². The Morgan fingerprint density at radius 2 is 2.03 bits per heavy atom. The van der Waals surface area contributed by atoms with Gasteiger partial charge in [0.25, 0.3) is 5.91 Å². The Hall–Kier alpha value is -1.80. The lowest BCUT2D eigenvalue weighted by Crippen LogP contribution is -2.56. The summed E-state index contributed by atoms with van der Waals surface area (Å²) < 4.78 is 98.6. The molecular weight excluding hydrogens is 569 g/mol. The molecule has 3 fully saturated rings. The quantitative estimate of drug-likeness (QED) is 0.400. The highest BCUT2D eigenvalue weighted by molar-refractivity contribution is 7.94. The van der Waals surface area contributed by atoms with E-state index in [9.17, 15) is 30.8 Å². The molecule has 0 aliphatic carbocycles. The smallest absolute Gasteiger partial charge is 0.353 e. The van der Waals surface area contributed by atoms with Crippen molar-refractivity contribution in [3.63, 3.8) is 0 Å². The minimum Gasteiger partial charge on any atom is -0.353 e. The summed E-state index contributed by atoms with van der Waals surface area (Å²) in [6.45, 7) is 0.907. The number of alkyl halides is 4. The Bertz CT molecular complexity index is 1260. The summed E-state index contributed by atoms with van der Waals surface area (Å²) in [5, 5.41) is 3.35. The number of hydrogen-bond acceptors (Lipinski definition) is 6. The molecule has 2 unspecified atom stereocenters. The zero-order chi connectivity index (χ0) is 28.3. The van der Waals surface area contributed by atoms with Gasteiger partial charge in [-0.25, -0.2) is 17.2 Å². The second kappa shape index (κ2) is 10.2. The van der Waals surface area contributed by atoms with E-state index >= 15 is 4.39 Å². The van der Waals surface area contributed by atoms with E-state index in [-0.39, 0.29) is 43.3 Å². The summed E-state index contributed by atoms with van der Waals surface area (Å²) in [5.41, 5.74) is -1.77. The van der Waals surface area contributed by atoms with E-state index in [0.717, 1.165) is 5.41 Å². The first kappa shape index (κ1) is 28.7. The number of ether oxygens (including phenoxy) is 1. The predicted molar refractivity (Wildman–Crippen MR) is 133 cm³/mol. The molecule has 1 aromatic rings. The van der Waals surface area contributed by atoms with Crippen LogP contribution in [0.2, 0.25) is 5.02 Å². The molecular formula is C25H29ClF5N3O4S. The number of hydrogen-bond donors (Lipinski definition) is 1. The molecule has 14 heteroatoms. The van der Waals surface area contributed by atoms with Crippen LogP contribution in [-0.4, -0.2) is 92.3 Å². The van der Waals surface area contributed by atoms with Gasteiger partial charge in [-0.3, -0.25) is 14.6 Å². The van der Waals surface area contributed by atoms with Crippen LogP contribution in [0.5, 0.6) is 0 Å². The highest BCUT2D eigenvalue weighted by Crippen LogP contribution is 2.48. The van der Waals surface area contributed by atoms with Crippen molar-refractivity contribution in [2.45, 2.75) is 61.9 Å². The summed E-state index contributed by atoms with van der Waals surface area (Å²) in [6.07, 6.45) is -4.34. The molecule has 5 rings (SSSR count). The lowest BCUT2D eigenvalue weighted by Gasteiger charge is -2.40. The summed E-state index contributed by atoms with van der Waals surface area (Å²) in [5.74, 6) is -2.72. The normalized spacial score (nSPS) is 36.8. The summed E-state index contributed by atoms with van der Waals surface area (Å²) in [4.78, 5) is 15.9. The third-order valence-corrected chi connectivity index (χ3v) is 9.87. The van der Waals surface area contributed by atoms with Crippen LogP contribution < -0.4 is 5.32 Å². The van der Waals surface area contributed by atoms with Crippen molar-refractivity contribution in [1.29, 1.82) is 0 Å². The Morgan fingerprint density at radius 1 is 1.28 bits per heavy atom. The van der Waals surface area contributed by atoms with E-state index in [1.807, 2.05) is 4.90 Å². The maximum absolute atomic E-state index is 15.7. The van der Waals surface area contributed by atoms with Crippen LogP contribution >= 0.6 is 11.6 Å². The number of carbonyl (C=O) groups excluding carboxylic acids is 1. The summed E-state index contributed by atoms with van der Waals surface area (Å²) in [6, 6.07) is 3.06. The monoisotopic (exact) mass is 597 g/mol. The van der Waals surface area contributed by atoms with Crippen molar-refractivity contribution < 1.29 is 39.9 Å². The third-order valence-electron chi connectivity index (χ3n) is 8.08. The van der Waals surface area contributed by atoms with Gasteiger partial charge in [-0.2, -0.15) is 13.2 Å². The van der Waals surface area contributed by atoms with Gasteiger partial charge in [-0.1, -0.05) is 23.7 Å². The molecule has 4 aliphatic rings. The Balaban J connectivity index is 1.25. The van der Waals surface area contributed by atoms with Gasteiger partial charge in [0.2, 0.25) is 0 Å². The zero-order valence-electron chi connectivity index (χ0n) is 21.0. The van der Waals surface area contributed by atoms with Gasteiger partial charge < -0.3 is 10.1 Å². The first-order valence-electron chi connectivity index (χ1n) is 12.7. The third kappa shape index (κ3) is 6.12. The zero-order valence-corrected chi connectivity index (χ0v) is 22.6. The molecule has 216 valence electrons. The number of carbonyl (C=O) groups is 1. The molecule has 7 atom stereocenters. The van der Waals surface area contributed by atoms with Crippen molar-refractivity contribution in [3.8, 4) is 0 Å². The molecule has 1 amide bonds. The number of nitrogens with zero attached hydrogens (tertiary/aromatic N) is 2. The highest BCUT2D eigenvalue weighted by atomic mass is 35.5. The van der Waals surface area contributed by atoms with E-state index in [4.69, 9.17) is 16.3 Å². The average Bonchev–Trinajstić information content (AvgIpc) is 3.38. The van der Waals surface area contributed by atoms with Gasteiger partial charge in [-0.15, -0.1) is 0 Å². The molecule has 7 nitrogen and oxygen atoms in total. The van der Waals surface area contributed by atoms with Crippen molar-refractivity contribution in [2.24, 2.45) is 5.92 Å². The minimum atomic E-state index is -4.40. The standard InChI is InChI=1S/C25H29ClF5N3O4S/c1-14-9-24(28,23(35)32-15-5-8-39(36,37)12-15)6-7-34(14)22-21(38-22)18-11-33(13-25(29,30)31)10-17(18)16-3-2-4-19(27)20(16)26/h2-5,8,14-15,17-18,21-22H,6-7,9-13H2,1H3,(H,32,35)/t14-,15+,17-,18-,21?,22?,24-/m0/s1. The average molecular weight is 598 g/mol. The molecule has 1 aromatic carbocycles. The van der Waals surface area contributed by atoms with E-state index in [1.54, 1.807) is 13.0 Å². The molecule has 0 bridgehead atoms. The number of likely N-dealkylation sites (tertiary alicyclic amines) is 2. The minimum absolute atomic E-state index is 0.0363. The highest BCUT2D eigenvalue weighted by Gasteiger charge is 2.57. The molecule has 0 aromatic heterocycles. The van der Waals surface area contributed by atoms with Gasteiger partial charge in [0.15, 0.2) is 15.5 Å². The fourth-order valence-electron chi connectivity index (χ4n) is 6.22. The van der Waals surface area contributed by atoms with Crippen molar-refractivity contribution in [1.82, 2.24) is 15.1 Å².